The standard InChI is InChI=1S/C29H33N3OS/c1-6-26-30-23(19-34-26)18-29(4,5)16-10-12-21-11-9-13-22(17-21)27-28(33-20(2)3)32-25-15-8-7-14-24(25)31-27/h7-15,17,19-20H,6,16,18H2,1-5H3/b12-10+. The number of benzene rings is 2. The van der Waals surface area contributed by atoms with Gasteiger partial charge >= 0.3 is 0 Å². The zero-order valence-corrected chi connectivity index (χ0v) is 21.5. The Labute approximate surface area is 206 Å². The molecule has 4 aromatic rings. The highest BCUT2D eigenvalue weighted by Gasteiger charge is 2.19. The molecule has 0 aliphatic rings. The fourth-order valence-electron chi connectivity index (χ4n) is 3.94. The van der Waals surface area contributed by atoms with Gasteiger partial charge in [0.05, 0.1) is 27.8 Å². The summed E-state index contributed by atoms with van der Waals surface area (Å²) >= 11 is 1.77. The van der Waals surface area contributed by atoms with E-state index in [-0.39, 0.29) is 11.5 Å². The third-order valence-electron chi connectivity index (χ3n) is 5.59. The molecular weight excluding hydrogens is 438 g/mol. The summed E-state index contributed by atoms with van der Waals surface area (Å²) in [6, 6.07) is 16.3. The number of hydrogen-bond donors (Lipinski definition) is 0. The number of aromatic nitrogens is 3. The van der Waals surface area contributed by atoms with Crippen LogP contribution in [0.2, 0.25) is 0 Å². The van der Waals surface area contributed by atoms with Crippen molar-refractivity contribution < 1.29 is 4.74 Å². The molecule has 176 valence electrons. The van der Waals surface area contributed by atoms with Crippen LogP contribution in [0, 0.1) is 5.41 Å². The second-order valence-corrected chi connectivity index (χ2v) is 10.6. The van der Waals surface area contributed by atoms with Crippen molar-refractivity contribution in [3.05, 3.63) is 76.3 Å². The Hall–Kier alpha value is -3.05. The van der Waals surface area contributed by atoms with Gasteiger partial charge in [0.1, 0.15) is 5.69 Å². The van der Waals surface area contributed by atoms with Gasteiger partial charge in [-0.1, -0.05) is 63.3 Å². The zero-order chi connectivity index (χ0) is 24.1. The Morgan fingerprint density at radius 1 is 1.00 bits per heavy atom. The molecule has 0 N–H and O–H groups in total. The largest absolute Gasteiger partial charge is 0.473 e. The van der Waals surface area contributed by atoms with Crippen LogP contribution < -0.4 is 4.74 Å². The van der Waals surface area contributed by atoms with Crippen molar-refractivity contribution in [3.63, 3.8) is 0 Å². The van der Waals surface area contributed by atoms with Crippen LogP contribution in [0.1, 0.15) is 57.3 Å². The predicted molar refractivity (Wildman–Crippen MR) is 143 cm³/mol. The third-order valence-corrected chi connectivity index (χ3v) is 6.63. The van der Waals surface area contributed by atoms with Crippen LogP contribution in [0.15, 0.2) is 60.0 Å². The monoisotopic (exact) mass is 471 g/mol. The van der Waals surface area contributed by atoms with Gasteiger partial charge in [-0.15, -0.1) is 11.3 Å². The number of allylic oxidation sites excluding steroid dienone is 1. The first-order chi connectivity index (χ1) is 16.3. The number of para-hydroxylation sites is 2. The molecule has 0 bridgehead atoms. The van der Waals surface area contributed by atoms with E-state index in [2.05, 4.69) is 62.6 Å². The lowest BCUT2D eigenvalue weighted by atomic mass is 9.84. The molecule has 0 saturated carbocycles. The molecule has 0 spiro atoms. The van der Waals surface area contributed by atoms with Crippen LogP contribution in [0.5, 0.6) is 5.88 Å². The fourth-order valence-corrected chi connectivity index (χ4v) is 4.68. The number of ether oxygens (including phenoxy) is 1. The number of hydrogen-bond acceptors (Lipinski definition) is 5. The first-order valence-corrected chi connectivity index (χ1v) is 12.8. The highest BCUT2D eigenvalue weighted by atomic mass is 32.1. The maximum atomic E-state index is 6.04. The highest BCUT2D eigenvalue weighted by molar-refractivity contribution is 7.09. The van der Waals surface area contributed by atoms with E-state index in [9.17, 15) is 0 Å². The van der Waals surface area contributed by atoms with Crippen molar-refractivity contribution >= 4 is 28.4 Å². The number of thiazole rings is 1. The first kappa shape index (κ1) is 24.1. The smallest absolute Gasteiger partial charge is 0.241 e. The average Bonchev–Trinajstić information content (AvgIpc) is 3.25. The van der Waals surface area contributed by atoms with Crippen molar-refractivity contribution in [3.8, 4) is 17.1 Å². The van der Waals surface area contributed by atoms with Crippen LogP contribution in [-0.2, 0) is 12.8 Å². The van der Waals surface area contributed by atoms with Crippen LogP contribution in [0.25, 0.3) is 28.4 Å². The molecule has 2 aromatic heterocycles. The van der Waals surface area contributed by atoms with Gasteiger partial charge in [-0.2, -0.15) is 0 Å². The van der Waals surface area contributed by atoms with Gasteiger partial charge < -0.3 is 4.74 Å². The summed E-state index contributed by atoms with van der Waals surface area (Å²) < 4.78 is 6.04. The molecular formula is C29H33N3OS. The summed E-state index contributed by atoms with van der Waals surface area (Å²) in [6.45, 7) is 10.8. The highest BCUT2D eigenvalue weighted by Crippen LogP contribution is 2.31. The Morgan fingerprint density at radius 3 is 2.47 bits per heavy atom. The second-order valence-electron chi connectivity index (χ2n) is 9.69. The van der Waals surface area contributed by atoms with E-state index in [1.165, 1.54) is 10.7 Å². The van der Waals surface area contributed by atoms with E-state index in [1.54, 1.807) is 11.3 Å². The molecule has 0 aliphatic heterocycles. The first-order valence-electron chi connectivity index (χ1n) is 12.0. The molecule has 0 saturated heterocycles. The van der Waals surface area contributed by atoms with E-state index in [1.807, 2.05) is 38.1 Å². The normalized spacial score (nSPS) is 12.2. The fraction of sp³-hybridized carbons (Fsp3) is 0.345. The molecule has 5 heteroatoms. The SMILES string of the molecule is CCc1nc(CC(C)(C)C/C=C/c2cccc(-c3nc4ccccc4nc3OC(C)C)c2)cs1. The molecule has 0 unspecified atom stereocenters. The lowest BCUT2D eigenvalue weighted by molar-refractivity contribution is 0.234. The van der Waals surface area contributed by atoms with Gasteiger partial charge in [-0.3, -0.25) is 0 Å². The quantitative estimate of drug-likeness (QED) is 0.250. The van der Waals surface area contributed by atoms with Crippen molar-refractivity contribution in [2.24, 2.45) is 5.41 Å². The predicted octanol–water partition coefficient (Wildman–Crippen LogP) is 7.78. The van der Waals surface area contributed by atoms with E-state index in [0.717, 1.165) is 47.1 Å². The molecule has 34 heavy (non-hydrogen) atoms. The van der Waals surface area contributed by atoms with E-state index >= 15 is 0 Å². The zero-order valence-electron chi connectivity index (χ0n) is 20.7. The minimum absolute atomic E-state index is 0.0191. The van der Waals surface area contributed by atoms with Crippen molar-refractivity contribution in [2.45, 2.75) is 60.0 Å². The summed E-state index contributed by atoms with van der Waals surface area (Å²) in [4.78, 5) is 14.4. The van der Waals surface area contributed by atoms with E-state index < -0.39 is 0 Å². The van der Waals surface area contributed by atoms with Crippen LogP contribution in [-0.4, -0.2) is 21.1 Å². The molecule has 2 aromatic carbocycles. The van der Waals surface area contributed by atoms with Gasteiger partial charge in [0.15, 0.2) is 0 Å². The van der Waals surface area contributed by atoms with Crippen LogP contribution in [0.4, 0.5) is 0 Å². The van der Waals surface area contributed by atoms with Crippen molar-refractivity contribution in [1.29, 1.82) is 0 Å². The molecule has 4 rings (SSSR count). The summed E-state index contributed by atoms with van der Waals surface area (Å²) in [5.74, 6) is 0.575. The maximum Gasteiger partial charge on any atom is 0.241 e. The van der Waals surface area contributed by atoms with Gasteiger partial charge in [-0.05, 0) is 62.3 Å². The summed E-state index contributed by atoms with van der Waals surface area (Å²) in [6.07, 6.45) is 7.45. The molecule has 0 aliphatic carbocycles. The summed E-state index contributed by atoms with van der Waals surface area (Å²) in [5, 5.41) is 3.42. The number of fused-ring (bicyclic) bond motifs is 1. The minimum atomic E-state index is 0.0191. The van der Waals surface area contributed by atoms with Gasteiger partial charge in [0.2, 0.25) is 5.88 Å². The molecule has 0 radical (unpaired) electrons. The van der Waals surface area contributed by atoms with Crippen LogP contribution in [0.3, 0.4) is 0 Å². The number of rotatable bonds is 9. The minimum Gasteiger partial charge on any atom is -0.473 e. The topological polar surface area (TPSA) is 47.9 Å². The van der Waals surface area contributed by atoms with E-state index in [4.69, 9.17) is 19.7 Å². The Kier molecular flexibility index (Phi) is 7.42. The average molecular weight is 472 g/mol. The summed E-state index contributed by atoms with van der Waals surface area (Å²) in [5.41, 5.74) is 5.98. The maximum absolute atomic E-state index is 6.04. The Morgan fingerprint density at radius 2 is 1.76 bits per heavy atom. The third kappa shape index (κ3) is 6.09. The Balaban J connectivity index is 1.54. The van der Waals surface area contributed by atoms with Gasteiger partial charge in [-0.25, -0.2) is 15.0 Å². The molecule has 0 amide bonds. The van der Waals surface area contributed by atoms with Gasteiger partial charge in [0.25, 0.3) is 0 Å². The Bertz CT molecular complexity index is 1290. The molecule has 0 atom stereocenters. The van der Waals surface area contributed by atoms with Crippen molar-refractivity contribution in [1.82, 2.24) is 15.0 Å². The lowest BCUT2D eigenvalue weighted by Gasteiger charge is -2.21. The molecule has 4 nitrogen and oxygen atoms in total. The number of aryl methyl sites for hydroxylation is 1. The van der Waals surface area contributed by atoms with Gasteiger partial charge in [0, 0.05) is 10.9 Å². The van der Waals surface area contributed by atoms with E-state index in [0.29, 0.717) is 5.88 Å². The van der Waals surface area contributed by atoms with Crippen LogP contribution >= 0.6 is 11.3 Å². The summed E-state index contributed by atoms with van der Waals surface area (Å²) in [7, 11) is 0. The molecule has 2 heterocycles. The second kappa shape index (κ2) is 10.5. The molecule has 0 fully saturated rings. The lowest BCUT2D eigenvalue weighted by Crippen LogP contribution is -2.14. The van der Waals surface area contributed by atoms with Crippen molar-refractivity contribution in [2.75, 3.05) is 0 Å². The number of nitrogens with zero attached hydrogens (tertiary/aromatic N) is 3.